The molecule has 2 aromatic carbocycles. The van der Waals surface area contributed by atoms with Crippen LogP contribution in [0.5, 0.6) is 0 Å². The lowest BCUT2D eigenvalue weighted by Crippen LogP contribution is -2.12. The van der Waals surface area contributed by atoms with Gasteiger partial charge in [-0.25, -0.2) is 4.21 Å². The lowest BCUT2D eigenvalue weighted by atomic mass is 10.0. The predicted octanol–water partition coefficient (Wildman–Crippen LogP) is 4.59. The van der Waals surface area contributed by atoms with Crippen molar-refractivity contribution in [1.82, 2.24) is 5.48 Å². The molecule has 7 nitrogen and oxygen atoms in total. The number of carbonyl (C=O) groups is 2. The van der Waals surface area contributed by atoms with Crippen LogP contribution in [0.1, 0.15) is 35.7 Å². The van der Waals surface area contributed by atoms with Crippen molar-refractivity contribution < 1.29 is 23.7 Å². The summed E-state index contributed by atoms with van der Waals surface area (Å²) in [7, 11) is -0.310. The van der Waals surface area contributed by atoms with Crippen molar-refractivity contribution in [2.45, 2.75) is 31.1 Å². The fourth-order valence-electron chi connectivity index (χ4n) is 2.74. The van der Waals surface area contributed by atoms with Crippen molar-refractivity contribution in [1.29, 1.82) is 0 Å². The first-order valence-corrected chi connectivity index (χ1v) is 11.4. The molecule has 0 amide bonds. The molecule has 0 fully saturated rings. The summed E-state index contributed by atoms with van der Waals surface area (Å²) >= 11 is 6.09. The van der Waals surface area contributed by atoms with Crippen LogP contribution in [-0.2, 0) is 26.9 Å². The minimum Gasteiger partial charge on any atom is -0.469 e. The van der Waals surface area contributed by atoms with E-state index in [1.165, 1.54) is 19.4 Å². The number of Topliss-reactive ketones (excluding diaryl/α,β-unsaturated/α-hetero) is 1. The Morgan fingerprint density at radius 3 is 2.53 bits per heavy atom. The molecule has 0 aromatic heterocycles. The molecule has 0 aliphatic heterocycles. The van der Waals surface area contributed by atoms with E-state index in [1.54, 1.807) is 48.6 Å². The van der Waals surface area contributed by atoms with E-state index in [2.05, 4.69) is 9.46 Å². The number of allylic oxidation sites excluding steroid dienone is 3. The number of esters is 1. The SMILES string of the molecule is CC/C=C\C(=C/NO)C(=O)c1cc(Cl)ccc1NS(=O)c1ccc(CCC(=O)OC)cc1. The Labute approximate surface area is 194 Å². The van der Waals surface area contributed by atoms with Crippen LogP contribution >= 0.6 is 11.6 Å². The maximum absolute atomic E-state index is 13.0. The second-order valence-corrected chi connectivity index (χ2v) is 8.30. The Kier molecular flexibility index (Phi) is 10.1. The van der Waals surface area contributed by atoms with Gasteiger partial charge in [-0.1, -0.05) is 42.8 Å². The van der Waals surface area contributed by atoms with Gasteiger partial charge in [0.15, 0.2) is 5.78 Å². The fourth-order valence-corrected chi connectivity index (χ4v) is 3.79. The first kappa shape index (κ1) is 25.3. The highest BCUT2D eigenvalue weighted by molar-refractivity contribution is 7.86. The normalized spacial score (nSPS) is 12.4. The van der Waals surface area contributed by atoms with Gasteiger partial charge in [0, 0.05) is 28.8 Å². The molecule has 0 radical (unpaired) electrons. The van der Waals surface area contributed by atoms with Crippen LogP contribution in [0.3, 0.4) is 0 Å². The maximum atomic E-state index is 13.0. The van der Waals surface area contributed by atoms with Crippen molar-refractivity contribution in [2.75, 3.05) is 11.8 Å². The summed E-state index contributed by atoms with van der Waals surface area (Å²) in [5, 5.41) is 9.37. The van der Waals surface area contributed by atoms with Crippen LogP contribution in [-0.4, -0.2) is 28.3 Å². The molecule has 1 unspecified atom stereocenters. The molecule has 0 aliphatic carbocycles. The summed E-state index contributed by atoms with van der Waals surface area (Å²) in [6.45, 7) is 1.92. The van der Waals surface area contributed by atoms with Gasteiger partial charge < -0.3 is 9.46 Å². The first-order valence-electron chi connectivity index (χ1n) is 9.84. The van der Waals surface area contributed by atoms with Gasteiger partial charge in [-0.05, 0) is 48.7 Å². The number of ether oxygens (including phenoxy) is 1. The zero-order valence-electron chi connectivity index (χ0n) is 17.8. The number of ketones is 1. The molecule has 0 heterocycles. The minimum absolute atomic E-state index is 0.209. The highest BCUT2D eigenvalue weighted by Gasteiger charge is 2.17. The molecular weight excluding hydrogens is 452 g/mol. The fraction of sp³-hybridized carbons (Fsp3) is 0.217. The summed E-state index contributed by atoms with van der Waals surface area (Å²) < 4.78 is 20.3. The van der Waals surface area contributed by atoms with Gasteiger partial charge in [0.25, 0.3) is 0 Å². The molecule has 9 heteroatoms. The number of hydrogen-bond donors (Lipinski definition) is 3. The molecule has 32 heavy (non-hydrogen) atoms. The van der Waals surface area contributed by atoms with Crippen molar-refractivity contribution in [2.24, 2.45) is 0 Å². The summed E-state index contributed by atoms with van der Waals surface area (Å²) in [5.41, 5.74) is 3.54. The van der Waals surface area contributed by atoms with Crippen LogP contribution < -0.4 is 10.2 Å². The third kappa shape index (κ3) is 7.33. The quantitative estimate of drug-likeness (QED) is 0.144. The van der Waals surface area contributed by atoms with Crippen LogP contribution in [0.4, 0.5) is 5.69 Å². The van der Waals surface area contributed by atoms with Gasteiger partial charge in [-0.2, -0.15) is 0 Å². The molecule has 1 atom stereocenters. The van der Waals surface area contributed by atoms with E-state index in [-0.39, 0.29) is 23.5 Å². The first-order chi connectivity index (χ1) is 15.4. The largest absolute Gasteiger partial charge is 0.469 e. The van der Waals surface area contributed by atoms with Crippen LogP contribution in [0.15, 0.2) is 71.3 Å². The molecule has 170 valence electrons. The number of hydroxylamine groups is 1. The smallest absolute Gasteiger partial charge is 0.305 e. The third-order valence-electron chi connectivity index (χ3n) is 4.43. The Balaban J connectivity index is 2.23. The Morgan fingerprint density at radius 2 is 1.91 bits per heavy atom. The molecule has 0 saturated heterocycles. The topological polar surface area (TPSA) is 105 Å². The summed E-state index contributed by atoms with van der Waals surface area (Å²) in [4.78, 5) is 24.8. The Morgan fingerprint density at radius 1 is 1.19 bits per heavy atom. The third-order valence-corrected chi connectivity index (χ3v) is 5.77. The Hall–Kier alpha value is -2.94. The summed E-state index contributed by atoms with van der Waals surface area (Å²) in [6, 6.07) is 11.6. The van der Waals surface area contributed by atoms with Gasteiger partial charge in [0.1, 0.15) is 11.0 Å². The molecular formula is C23H25ClN2O5S. The maximum Gasteiger partial charge on any atom is 0.305 e. The number of rotatable bonds is 11. The number of anilines is 1. The molecule has 0 aliphatic rings. The molecule has 2 aromatic rings. The van der Waals surface area contributed by atoms with Gasteiger partial charge in [0.05, 0.1) is 17.7 Å². The van der Waals surface area contributed by atoms with Crippen molar-refractivity contribution in [3.63, 3.8) is 0 Å². The molecule has 2 rings (SSSR count). The zero-order valence-corrected chi connectivity index (χ0v) is 19.3. The van der Waals surface area contributed by atoms with Crippen molar-refractivity contribution in [3.05, 3.63) is 82.5 Å². The van der Waals surface area contributed by atoms with E-state index in [4.69, 9.17) is 16.8 Å². The van der Waals surface area contributed by atoms with Crippen molar-refractivity contribution in [3.8, 4) is 0 Å². The standard InChI is InChI=1S/C23H25ClN2O5S/c1-3-4-5-17(15-25-29)23(28)20-14-18(24)9-12-21(20)26-32(30)19-10-6-16(7-11-19)8-13-22(27)31-2/h4-7,9-12,14-15,25-26,29H,3,8,13H2,1-2H3/b5-4-,17-15+. The Bertz CT molecular complexity index is 1040. The van der Waals surface area contributed by atoms with E-state index in [0.717, 1.165) is 5.56 Å². The highest BCUT2D eigenvalue weighted by atomic mass is 35.5. The summed E-state index contributed by atoms with van der Waals surface area (Å²) in [5.74, 6) is -0.700. The number of benzene rings is 2. The molecule has 0 saturated carbocycles. The second kappa shape index (κ2) is 12.8. The lowest BCUT2D eigenvalue weighted by molar-refractivity contribution is -0.140. The van der Waals surface area contributed by atoms with Crippen LogP contribution in [0, 0.1) is 0 Å². The highest BCUT2D eigenvalue weighted by Crippen LogP contribution is 2.25. The average molecular weight is 477 g/mol. The van der Waals surface area contributed by atoms with Gasteiger partial charge in [0.2, 0.25) is 0 Å². The van der Waals surface area contributed by atoms with E-state index in [9.17, 15) is 13.8 Å². The average Bonchev–Trinajstić information content (AvgIpc) is 2.81. The molecule has 3 N–H and O–H groups in total. The number of methoxy groups -OCH3 is 1. The minimum atomic E-state index is -1.65. The van der Waals surface area contributed by atoms with E-state index >= 15 is 0 Å². The zero-order chi connectivity index (χ0) is 23.5. The number of aryl methyl sites for hydroxylation is 1. The van der Waals surface area contributed by atoms with Gasteiger partial charge >= 0.3 is 5.97 Å². The predicted molar refractivity (Wildman–Crippen MR) is 125 cm³/mol. The van der Waals surface area contributed by atoms with E-state index < -0.39 is 16.8 Å². The van der Waals surface area contributed by atoms with Crippen molar-refractivity contribution >= 4 is 40.0 Å². The van der Waals surface area contributed by atoms with Crippen LogP contribution in [0.2, 0.25) is 5.02 Å². The lowest BCUT2D eigenvalue weighted by Gasteiger charge is -2.12. The summed E-state index contributed by atoms with van der Waals surface area (Å²) in [6.07, 6.45) is 6.01. The van der Waals surface area contributed by atoms with E-state index in [0.29, 0.717) is 28.4 Å². The molecule has 0 spiro atoms. The molecule has 0 bridgehead atoms. The van der Waals surface area contributed by atoms with E-state index in [1.807, 2.05) is 12.4 Å². The number of halogens is 1. The number of nitrogens with one attached hydrogen (secondary N) is 2. The number of carbonyl (C=O) groups excluding carboxylic acids is 2. The van der Waals surface area contributed by atoms with Gasteiger partial charge in [-0.3, -0.25) is 20.3 Å². The number of hydrogen-bond acceptors (Lipinski definition) is 6. The van der Waals surface area contributed by atoms with Gasteiger partial charge in [-0.15, -0.1) is 0 Å². The second-order valence-electron chi connectivity index (χ2n) is 6.65. The monoisotopic (exact) mass is 476 g/mol. The van der Waals surface area contributed by atoms with Crippen LogP contribution in [0.25, 0.3) is 0 Å².